The summed E-state index contributed by atoms with van der Waals surface area (Å²) in [5.41, 5.74) is 5.22. The van der Waals surface area contributed by atoms with Crippen molar-refractivity contribution in [1.82, 2.24) is 35.1 Å². The number of carbonyl (C=O) groups excluding carboxylic acids is 1. The number of aryl methyl sites for hydroxylation is 1. The van der Waals surface area contributed by atoms with Gasteiger partial charge in [-0.25, -0.2) is 9.97 Å². The van der Waals surface area contributed by atoms with Crippen LogP contribution in [0.2, 0.25) is 0 Å². The molecule has 0 aliphatic carbocycles. The third-order valence-electron chi connectivity index (χ3n) is 6.14. The second-order valence-corrected chi connectivity index (χ2v) is 8.75. The van der Waals surface area contributed by atoms with Crippen molar-refractivity contribution in [3.8, 4) is 0 Å². The Morgan fingerprint density at radius 3 is 2.65 bits per heavy atom. The molecule has 0 fully saturated rings. The number of para-hydroxylation sites is 2. The summed E-state index contributed by atoms with van der Waals surface area (Å²) in [6, 6.07) is 18.0. The van der Waals surface area contributed by atoms with E-state index in [1.807, 2.05) is 61.7 Å². The number of benzene rings is 1. The van der Waals surface area contributed by atoms with Gasteiger partial charge in [0.25, 0.3) is 5.91 Å². The fraction of sp³-hybridized carbons (Fsp3) is 0.250. The van der Waals surface area contributed by atoms with E-state index in [4.69, 9.17) is 9.40 Å². The van der Waals surface area contributed by atoms with Crippen LogP contribution in [-0.2, 0) is 25.9 Å². The summed E-state index contributed by atoms with van der Waals surface area (Å²) >= 11 is 0. The summed E-state index contributed by atoms with van der Waals surface area (Å²) in [7, 11) is 0. The minimum Gasteiger partial charge on any atom is -0.448 e. The number of carbonyl (C=O) groups is 1. The number of rotatable bonds is 11. The van der Waals surface area contributed by atoms with E-state index in [1.165, 1.54) is 6.26 Å². The molecule has 9 nitrogen and oxygen atoms in total. The maximum atomic E-state index is 12.4. The molecule has 2 N–H and O–H groups in total. The van der Waals surface area contributed by atoms with Gasteiger partial charge in [-0.1, -0.05) is 24.3 Å². The molecule has 37 heavy (non-hydrogen) atoms. The Labute approximate surface area is 215 Å². The van der Waals surface area contributed by atoms with Crippen LogP contribution in [-0.4, -0.2) is 43.5 Å². The number of hydrogen-bond acceptors (Lipinski definition) is 7. The number of amides is 1. The highest BCUT2D eigenvalue weighted by molar-refractivity contribution is 5.91. The number of fused-ring (bicyclic) bond motifs is 1. The van der Waals surface area contributed by atoms with Gasteiger partial charge in [-0.05, 0) is 42.8 Å². The van der Waals surface area contributed by atoms with Crippen molar-refractivity contribution in [3.05, 3.63) is 108 Å². The maximum Gasteiger partial charge on any atom is 0.273 e. The minimum atomic E-state index is -0.278. The average molecular weight is 496 g/mol. The average Bonchev–Trinajstić information content (AvgIpc) is 3.54. The molecule has 5 aromatic rings. The molecule has 0 atom stereocenters. The van der Waals surface area contributed by atoms with Crippen molar-refractivity contribution in [2.75, 3.05) is 13.1 Å². The van der Waals surface area contributed by atoms with Crippen molar-refractivity contribution in [1.29, 1.82) is 0 Å². The van der Waals surface area contributed by atoms with E-state index < -0.39 is 0 Å². The van der Waals surface area contributed by atoms with Crippen LogP contribution in [0.15, 0.2) is 77.7 Å². The molecule has 4 aromatic heterocycles. The second kappa shape index (κ2) is 11.6. The normalized spacial score (nSPS) is 11.2. The van der Waals surface area contributed by atoms with Crippen LogP contribution >= 0.6 is 0 Å². The molecule has 188 valence electrons. The van der Waals surface area contributed by atoms with E-state index in [-0.39, 0.29) is 11.6 Å². The fourth-order valence-corrected chi connectivity index (χ4v) is 4.15. The highest BCUT2D eigenvalue weighted by Crippen LogP contribution is 2.18. The van der Waals surface area contributed by atoms with E-state index >= 15 is 0 Å². The van der Waals surface area contributed by atoms with Crippen LogP contribution in [0.4, 0.5) is 0 Å². The van der Waals surface area contributed by atoms with Gasteiger partial charge < -0.3 is 19.6 Å². The Hall–Kier alpha value is -4.37. The Morgan fingerprint density at radius 1 is 0.946 bits per heavy atom. The van der Waals surface area contributed by atoms with Gasteiger partial charge in [-0.15, -0.1) is 0 Å². The van der Waals surface area contributed by atoms with Crippen LogP contribution in [0.3, 0.4) is 0 Å². The molecular weight excluding hydrogens is 466 g/mol. The van der Waals surface area contributed by atoms with Gasteiger partial charge in [0.05, 0.1) is 35.5 Å². The SMILES string of the molecule is Cc1cccnc1CNC(=O)c1coc(CCNCCc2nc3ccccc3n2Cc2ccccn2)n1. The van der Waals surface area contributed by atoms with Crippen LogP contribution in [0.1, 0.15) is 39.2 Å². The maximum absolute atomic E-state index is 12.4. The van der Waals surface area contributed by atoms with Crippen LogP contribution < -0.4 is 10.6 Å². The molecule has 0 saturated carbocycles. The first-order valence-corrected chi connectivity index (χ1v) is 12.4. The van der Waals surface area contributed by atoms with E-state index in [1.54, 1.807) is 6.20 Å². The Morgan fingerprint density at radius 2 is 1.78 bits per heavy atom. The van der Waals surface area contributed by atoms with E-state index in [9.17, 15) is 4.79 Å². The topological polar surface area (TPSA) is 111 Å². The number of hydrogen-bond donors (Lipinski definition) is 2. The third kappa shape index (κ3) is 6.07. The highest BCUT2D eigenvalue weighted by Gasteiger charge is 2.14. The monoisotopic (exact) mass is 495 g/mol. The number of nitrogens with one attached hydrogen (secondary N) is 2. The lowest BCUT2D eigenvalue weighted by atomic mass is 10.2. The van der Waals surface area contributed by atoms with Crippen molar-refractivity contribution >= 4 is 16.9 Å². The number of oxazole rings is 1. The number of pyridine rings is 2. The van der Waals surface area contributed by atoms with Gasteiger partial charge in [0, 0.05) is 38.3 Å². The van der Waals surface area contributed by atoms with E-state index in [2.05, 4.69) is 36.2 Å². The molecule has 0 radical (unpaired) electrons. The van der Waals surface area contributed by atoms with E-state index in [0.717, 1.165) is 46.8 Å². The van der Waals surface area contributed by atoms with Crippen LogP contribution in [0.5, 0.6) is 0 Å². The molecule has 0 saturated heterocycles. The first-order valence-electron chi connectivity index (χ1n) is 12.4. The lowest BCUT2D eigenvalue weighted by molar-refractivity contribution is 0.0945. The predicted octanol–water partition coefficient (Wildman–Crippen LogP) is 3.48. The van der Waals surface area contributed by atoms with E-state index in [0.29, 0.717) is 31.9 Å². The summed E-state index contributed by atoms with van der Waals surface area (Å²) in [6.07, 6.45) is 6.28. The lowest BCUT2D eigenvalue weighted by Crippen LogP contribution is -2.24. The number of aromatic nitrogens is 5. The van der Waals surface area contributed by atoms with Gasteiger partial charge in [0.15, 0.2) is 11.6 Å². The van der Waals surface area contributed by atoms with Gasteiger partial charge in [0.2, 0.25) is 0 Å². The summed E-state index contributed by atoms with van der Waals surface area (Å²) in [5, 5.41) is 6.28. The van der Waals surface area contributed by atoms with Crippen LogP contribution in [0, 0.1) is 6.92 Å². The second-order valence-electron chi connectivity index (χ2n) is 8.75. The molecule has 1 aromatic carbocycles. The number of nitrogens with zero attached hydrogens (tertiary/aromatic N) is 5. The lowest BCUT2D eigenvalue weighted by Gasteiger charge is -2.09. The summed E-state index contributed by atoms with van der Waals surface area (Å²) in [6.45, 7) is 4.42. The number of imidazole rings is 1. The minimum absolute atomic E-state index is 0.270. The van der Waals surface area contributed by atoms with Crippen molar-refractivity contribution in [3.63, 3.8) is 0 Å². The summed E-state index contributed by atoms with van der Waals surface area (Å²) < 4.78 is 7.73. The molecule has 4 heterocycles. The quantitative estimate of drug-likeness (QED) is 0.270. The van der Waals surface area contributed by atoms with Gasteiger partial charge in [0.1, 0.15) is 12.1 Å². The van der Waals surface area contributed by atoms with Gasteiger partial charge in [-0.3, -0.25) is 14.8 Å². The molecule has 0 bridgehead atoms. The fourth-order valence-electron chi connectivity index (χ4n) is 4.15. The first kappa shape index (κ1) is 24.3. The molecule has 0 spiro atoms. The molecule has 1 amide bonds. The summed E-state index contributed by atoms with van der Waals surface area (Å²) in [4.78, 5) is 30.4. The Balaban J connectivity index is 1.11. The first-order chi connectivity index (χ1) is 18.2. The third-order valence-corrected chi connectivity index (χ3v) is 6.14. The zero-order valence-electron chi connectivity index (χ0n) is 20.7. The van der Waals surface area contributed by atoms with Crippen molar-refractivity contribution in [2.45, 2.75) is 32.9 Å². The van der Waals surface area contributed by atoms with Gasteiger partial charge >= 0.3 is 0 Å². The zero-order valence-corrected chi connectivity index (χ0v) is 20.7. The smallest absolute Gasteiger partial charge is 0.273 e. The highest BCUT2D eigenvalue weighted by atomic mass is 16.3. The largest absolute Gasteiger partial charge is 0.448 e. The van der Waals surface area contributed by atoms with Crippen molar-refractivity contribution < 1.29 is 9.21 Å². The molecule has 5 rings (SSSR count). The molecule has 0 aliphatic heterocycles. The zero-order chi connectivity index (χ0) is 25.5. The molecule has 9 heteroatoms. The van der Waals surface area contributed by atoms with Crippen LogP contribution in [0.25, 0.3) is 11.0 Å². The Kier molecular flexibility index (Phi) is 7.61. The predicted molar refractivity (Wildman–Crippen MR) is 140 cm³/mol. The molecule has 0 aliphatic rings. The standard InChI is InChI=1S/C28H29N7O2/c1-20-7-6-14-31-23(20)17-32-28(36)24-19-37-27(34-24)12-16-29-15-11-26-33-22-9-2-3-10-25(22)35(26)18-21-8-4-5-13-30-21/h2-10,13-14,19,29H,11-12,15-18H2,1H3,(H,32,36). The van der Waals surface area contributed by atoms with Gasteiger partial charge in [-0.2, -0.15) is 0 Å². The molecular formula is C28H29N7O2. The summed E-state index contributed by atoms with van der Waals surface area (Å²) in [5.74, 6) is 1.26. The van der Waals surface area contributed by atoms with Crippen molar-refractivity contribution in [2.24, 2.45) is 0 Å². The Bertz CT molecular complexity index is 1480. The molecule has 0 unspecified atom stereocenters.